The molecule has 9 nitrogen and oxygen atoms in total. The van der Waals surface area contributed by atoms with Crippen LogP contribution in [0.25, 0.3) is 0 Å². The summed E-state index contributed by atoms with van der Waals surface area (Å²) in [6, 6.07) is 0. The van der Waals surface area contributed by atoms with Crippen molar-refractivity contribution in [3.05, 3.63) is 11.9 Å². The number of aliphatic hydroxyl groups excluding tert-OH is 2. The molecule has 19 heavy (non-hydrogen) atoms. The molecule has 1 amide bonds. The largest absolute Gasteiger partial charge is 0.387 e. The molecule has 2 heterocycles. The maximum absolute atomic E-state index is 11.0. The van der Waals surface area contributed by atoms with Crippen molar-refractivity contribution in [2.75, 3.05) is 11.1 Å². The van der Waals surface area contributed by atoms with Crippen LogP contribution in [0.15, 0.2) is 6.33 Å². The third-order valence-corrected chi connectivity index (χ3v) is 2.95. The number of nitrogens with one attached hydrogen (secondary N) is 1. The van der Waals surface area contributed by atoms with Gasteiger partial charge < -0.3 is 31.7 Å². The van der Waals surface area contributed by atoms with Crippen molar-refractivity contribution in [2.24, 2.45) is 5.73 Å². The number of nitrogens with zero attached hydrogens (tertiary/aromatic N) is 2. The standard InChI is InChI=1S/C10H15N5O4/c1-3-7(11)13-2-14-9(3)15-10-5(17)4(16)6(19-10)8(12)18/h2,4-6,10,16-17H,1H3,(H2,12,18)(H3,11,13,14,15)/t4-,5+,6-,10?/m0/s1. The molecule has 1 aliphatic heterocycles. The Kier molecular flexibility index (Phi) is 3.51. The van der Waals surface area contributed by atoms with E-state index in [2.05, 4.69) is 15.3 Å². The van der Waals surface area contributed by atoms with Crippen LogP contribution in [-0.4, -0.2) is 50.6 Å². The van der Waals surface area contributed by atoms with E-state index in [0.717, 1.165) is 0 Å². The van der Waals surface area contributed by atoms with Gasteiger partial charge in [-0.3, -0.25) is 4.79 Å². The first-order chi connectivity index (χ1) is 8.91. The van der Waals surface area contributed by atoms with Crippen LogP contribution in [0, 0.1) is 6.92 Å². The molecule has 0 radical (unpaired) electrons. The molecule has 0 spiro atoms. The fourth-order valence-corrected chi connectivity index (χ4v) is 1.78. The van der Waals surface area contributed by atoms with Crippen LogP contribution in [0.3, 0.4) is 0 Å². The fourth-order valence-electron chi connectivity index (χ4n) is 1.78. The molecule has 1 fully saturated rings. The van der Waals surface area contributed by atoms with Crippen molar-refractivity contribution >= 4 is 17.5 Å². The summed E-state index contributed by atoms with van der Waals surface area (Å²) in [6.07, 6.45) is -3.75. The highest BCUT2D eigenvalue weighted by molar-refractivity contribution is 5.80. The van der Waals surface area contributed by atoms with E-state index in [1.807, 2.05) is 0 Å². The molecule has 1 unspecified atom stereocenters. The number of carbonyl (C=O) groups is 1. The summed E-state index contributed by atoms with van der Waals surface area (Å²) in [5.41, 5.74) is 11.2. The quantitative estimate of drug-likeness (QED) is 0.410. The van der Waals surface area contributed by atoms with Crippen LogP contribution >= 0.6 is 0 Å². The first kappa shape index (κ1) is 13.5. The SMILES string of the molecule is Cc1c(N)ncnc1NC1O[C@H](C(N)=O)[C@@H](O)[C@H]1O. The van der Waals surface area contributed by atoms with Crippen LogP contribution in [0.2, 0.25) is 0 Å². The molecule has 0 aromatic carbocycles. The lowest BCUT2D eigenvalue weighted by Gasteiger charge is -2.18. The van der Waals surface area contributed by atoms with Crippen LogP contribution in [0.5, 0.6) is 0 Å². The second kappa shape index (κ2) is 4.96. The predicted octanol–water partition coefficient (Wildman–Crippen LogP) is -2.29. The third-order valence-electron chi connectivity index (χ3n) is 2.95. The van der Waals surface area contributed by atoms with Crippen molar-refractivity contribution in [2.45, 2.75) is 31.5 Å². The van der Waals surface area contributed by atoms with Gasteiger partial charge in [0.25, 0.3) is 0 Å². The van der Waals surface area contributed by atoms with Crippen molar-refractivity contribution in [3.63, 3.8) is 0 Å². The number of ether oxygens (including phenoxy) is 1. The van der Waals surface area contributed by atoms with Gasteiger partial charge >= 0.3 is 0 Å². The first-order valence-corrected chi connectivity index (χ1v) is 5.56. The number of rotatable bonds is 3. The van der Waals surface area contributed by atoms with E-state index < -0.39 is 30.4 Å². The van der Waals surface area contributed by atoms with Crippen LogP contribution < -0.4 is 16.8 Å². The smallest absolute Gasteiger partial charge is 0.249 e. The zero-order valence-corrected chi connectivity index (χ0v) is 10.1. The number of nitrogens with two attached hydrogens (primary N) is 2. The average Bonchev–Trinajstić information content (AvgIpc) is 2.63. The molecule has 7 N–H and O–H groups in total. The fraction of sp³-hybridized carbons (Fsp3) is 0.500. The number of nitrogen functional groups attached to an aromatic ring is 1. The number of amides is 1. The Hall–Kier alpha value is -1.97. The van der Waals surface area contributed by atoms with E-state index in [9.17, 15) is 15.0 Å². The second-order valence-corrected chi connectivity index (χ2v) is 4.24. The zero-order valence-electron chi connectivity index (χ0n) is 10.1. The number of aromatic nitrogens is 2. The molecular weight excluding hydrogens is 254 g/mol. The minimum absolute atomic E-state index is 0.275. The summed E-state index contributed by atoms with van der Waals surface area (Å²) in [5, 5.41) is 22.1. The number of primary amides is 1. The molecule has 1 aliphatic rings. The monoisotopic (exact) mass is 269 g/mol. The van der Waals surface area contributed by atoms with Gasteiger partial charge in [-0.2, -0.15) is 0 Å². The molecule has 9 heteroatoms. The summed E-state index contributed by atoms with van der Waals surface area (Å²) >= 11 is 0. The van der Waals surface area contributed by atoms with Gasteiger partial charge in [-0.25, -0.2) is 9.97 Å². The summed E-state index contributed by atoms with van der Waals surface area (Å²) in [4.78, 5) is 18.8. The summed E-state index contributed by atoms with van der Waals surface area (Å²) in [5.74, 6) is -0.236. The average molecular weight is 269 g/mol. The van der Waals surface area contributed by atoms with Gasteiger partial charge in [0.05, 0.1) is 0 Å². The third kappa shape index (κ3) is 2.43. The normalized spacial score (nSPS) is 30.3. The number of hydrogen-bond donors (Lipinski definition) is 5. The van der Waals surface area contributed by atoms with Crippen molar-refractivity contribution in [3.8, 4) is 0 Å². The van der Waals surface area contributed by atoms with Crippen molar-refractivity contribution in [1.82, 2.24) is 9.97 Å². The highest BCUT2D eigenvalue weighted by Crippen LogP contribution is 2.24. The molecule has 104 valence electrons. The Bertz CT molecular complexity index is 497. The second-order valence-electron chi connectivity index (χ2n) is 4.24. The Morgan fingerprint density at radius 3 is 2.68 bits per heavy atom. The van der Waals surface area contributed by atoms with Crippen LogP contribution in [-0.2, 0) is 9.53 Å². The number of carbonyl (C=O) groups excluding carboxylic acids is 1. The molecule has 0 saturated carbocycles. The number of aliphatic hydroxyl groups is 2. The van der Waals surface area contributed by atoms with E-state index in [1.165, 1.54) is 6.33 Å². The molecule has 2 rings (SSSR count). The maximum atomic E-state index is 11.0. The first-order valence-electron chi connectivity index (χ1n) is 5.56. The molecule has 1 aromatic heterocycles. The Morgan fingerprint density at radius 2 is 2.11 bits per heavy atom. The van der Waals surface area contributed by atoms with E-state index in [-0.39, 0.29) is 5.82 Å². The van der Waals surface area contributed by atoms with Gasteiger partial charge in [0.15, 0.2) is 12.3 Å². The van der Waals surface area contributed by atoms with Gasteiger partial charge in [-0.1, -0.05) is 0 Å². The van der Waals surface area contributed by atoms with Gasteiger partial charge in [-0.05, 0) is 6.92 Å². The zero-order chi connectivity index (χ0) is 14.2. The molecular formula is C10H15N5O4. The van der Waals surface area contributed by atoms with Gasteiger partial charge in [-0.15, -0.1) is 0 Å². The highest BCUT2D eigenvalue weighted by Gasteiger charge is 2.45. The lowest BCUT2D eigenvalue weighted by atomic mass is 10.1. The topological polar surface area (TPSA) is 157 Å². The van der Waals surface area contributed by atoms with Crippen molar-refractivity contribution in [1.29, 1.82) is 0 Å². The number of hydrogen-bond acceptors (Lipinski definition) is 8. The van der Waals surface area contributed by atoms with E-state index in [4.69, 9.17) is 16.2 Å². The molecule has 1 aromatic rings. The molecule has 0 aliphatic carbocycles. The van der Waals surface area contributed by atoms with Gasteiger partial charge in [0.2, 0.25) is 5.91 Å². The van der Waals surface area contributed by atoms with E-state index in [1.54, 1.807) is 6.92 Å². The van der Waals surface area contributed by atoms with Crippen molar-refractivity contribution < 1.29 is 19.7 Å². The predicted molar refractivity (Wildman–Crippen MR) is 64.7 cm³/mol. The molecule has 1 saturated heterocycles. The lowest BCUT2D eigenvalue weighted by Crippen LogP contribution is -2.40. The van der Waals surface area contributed by atoms with Gasteiger partial charge in [0, 0.05) is 5.56 Å². The highest BCUT2D eigenvalue weighted by atomic mass is 16.6. The maximum Gasteiger partial charge on any atom is 0.249 e. The Labute approximate surface area is 108 Å². The van der Waals surface area contributed by atoms with Crippen LogP contribution in [0.1, 0.15) is 5.56 Å². The summed E-state index contributed by atoms with van der Waals surface area (Å²) < 4.78 is 5.16. The lowest BCUT2D eigenvalue weighted by molar-refractivity contribution is -0.131. The summed E-state index contributed by atoms with van der Waals surface area (Å²) in [6.45, 7) is 1.68. The molecule has 0 bridgehead atoms. The van der Waals surface area contributed by atoms with E-state index in [0.29, 0.717) is 11.4 Å². The summed E-state index contributed by atoms with van der Waals surface area (Å²) in [7, 11) is 0. The Balaban J connectivity index is 2.16. The Morgan fingerprint density at radius 1 is 1.42 bits per heavy atom. The van der Waals surface area contributed by atoms with E-state index >= 15 is 0 Å². The number of anilines is 2. The molecule has 4 atom stereocenters. The minimum atomic E-state index is -1.39. The van der Waals surface area contributed by atoms with Gasteiger partial charge in [0.1, 0.15) is 30.2 Å². The van der Waals surface area contributed by atoms with Crippen LogP contribution in [0.4, 0.5) is 11.6 Å². The minimum Gasteiger partial charge on any atom is -0.387 e.